The highest BCUT2D eigenvalue weighted by atomic mass is 32.2. The predicted octanol–water partition coefficient (Wildman–Crippen LogP) is 3.33. The third-order valence-electron chi connectivity index (χ3n) is 5.85. The maximum Gasteiger partial charge on any atom is 0.260 e. The van der Waals surface area contributed by atoms with Crippen LogP contribution in [0.25, 0.3) is 0 Å². The molecule has 0 unspecified atom stereocenters. The highest BCUT2D eigenvalue weighted by Gasteiger charge is 2.45. The molecule has 2 aromatic heterocycles. The van der Waals surface area contributed by atoms with E-state index in [2.05, 4.69) is 20.0 Å². The van der Waals surface area contributed by atoms with Crippen LogP contribution in [0.15, 0.2) is 35.4 Å². The molecule has 0 bridgehead atoms. The van der Waals surface area contributed by atoms with E-state index < -0.39 is 27.4 Å². The molecule has 4 rings (SSSR count). The Morgan fingerprint density at radius 2 is 1.75 bits per heavy atom. The number of aromatic nitrogens is 2. The molecule has 8 nitrogen and oxygen atoms in total. The Morgan fingerprint density at radius 3 is 2.38 bits per heavy atom. The number of carbonyl (C=O) groups is 1. The fourth-order valence-corrected chi connectivity index (χ4v) is 5.37. The van der Waals surface area contributed by atoms with E-state index >= 15 is 0 Å². The van der Waals surface area contributed by atoms with Crippen LogP contribution >= 0.6 is 0 Å². The van der Waals surface area contributed by atoms with Crippen LogP contribution in [-0.2, 0) is 10.0 Å². The van der Waals surface area contributed by atoms with E-state index in [9.17, 15) is 17.6 Å². The first-order chi connectivity index (χ1) is 15.0. The van der Waals surface area contributed by atoms with Crippen molar-refractivity contribution >= 4 is 27.6 Å². The van der Waals surface area contributed by atoms with Crippen molar-refractivity contribution in [2.75, 3.05) is 23.3 Å². The second-order valence-corrected chi connectivity index (χ2v) is 11.3. The Labute approximate surface area is 187 Å². The fraction of sp³-hybridized carbons (Fsp3) is 0.500. The first-order valence-electron chi connectivity index (χ1n) is 10.7. The minimum absolute atomic E-state index is 0.0811. The largest absolute Gasteiger partial charge is 0.356 e. The standard InChI is InChI=1S/C22H28FN5O3S/c1-21(2,3)27-32(30,31)18-6-4-5-17(25-18)26-20(29)15-7-8-16(23)24-19(15)28-13-11-22(9-10-22)12-14-28/h4-8,27H,9-14H2,1-3H3,(H,25,26,29). The molecule has 0 atom stereocenters. The first kappa shape index (κ1) is 22.6. The molecule has 32 heavy (non-hydrogen) atoms. The fourth-order valence-electron chi connectivity index (χ4n) is 3.99. The lowest BCUT2D eigenvalue weighted by atomic mass is 9.93. The first-order valence-corrected chi connectivity index (χ1v) is 12.2. The second-order valence-electron chi connectivity index (χ2n) is 9.66. The Hall–Kier alpha value is -2.59. The summed E-state index contributed by atoms with van der Waals surface area (Å²) in [5.74, 6) is -0.790. The lowest BCUT2D eigenvalue weighted by Crippen LogP contribution is -2.40. The highest BCUT2D eigenvalue weighted by molar-refractivity contribution is 7.89. The summed E-state index contributed by atoms with van der Waals surface area (Å²) in [6.07, 6.45) is 4.49. The third kappa shape index (κ3) is 5.07. The summed E-state index contributed by atoms with van der Waals surface area (Å²) in [5.41, 5.74) is -0.0217. The minimum atomic E-state index is -3.86. The number of halogens is 1. The molecule has 0 aromatic carbocycles. The van der Waals surface area contributed by atoms with Crippen LogP contribution in [0.2, 0.25) is 0 Å². The maximum absolute atomic E-state index is 13.9. The molecular formula is C22H28FN5O3S. The molecular weight excluding hydrogens is 433 g/mol. The molecule has 2 aliphatic rings. The number of piperidine rings is 1. The van der Waals surface area contributed by atoms with Crippen molar-refractivity contribution in [1.29, 1.82) is 0 Å². The molecule has 2 N–H and O–H groups in total. The predicted molar refractivity (Wildman–Crippen MR) is 120 cm³/mol. The quantitative estimate of drug-likeness (QED) is 0.662. The Balaban J connectivity index is 1.55. The highest BCUT2D eigenvalue weighted by Crippen LogP contribution is 2.53. The van der Waals surface area contributed by atoms with Gasteiger partial charge in [0.1, 0.15) is 11.6 Å². The van der Waals surface area contributed by atoms with Crippen LogP contribution < -0.4 is 14.9 Å². The van der Waals surface area contributed by atoms with Crippen molar-refractivity contribution in [3.63, 3.8) is 0 Å². The average Bonchev–Trinajstić information content (AvgIpc) is 3.45. The lowest BCUT2D eigenvalue weighted by Gasteiger charge is -2.33. The number of hydrogen-bond donors (Lipinski definition) is 2. The molecule has 1 saturated heterocycles. The molecule has 1 spiro atoms. The van der Waals surface area contributed by atoms with Gasteiger partial charge in [0.05, 0.1) is 5.56 Å². The van der Waals surface area contributed by atoms with Gasteiger partial charge >= 0.3 is 0 Å². The molecule has 1 aliphatic carbocycles. The van der Waals surface area contributed by atoms with Crippen LogP contribution in [-0.4, -0.2) is 42.9 Å². The zero-order chi connectivity index (χ0) is 23.1. The summed E-state index contributed by atoms with van der Waals surface area (Å²) >= 11 is 0. The molecule has 172 valence electrons. The summed E-state index contributed by atoms with van der Waals surface area (Å²) in [4.78, 5) is 23.0. The van der Waals surface area contributed by atoms with Crippen LogP contribution in [0.4, 0.5) is 16.0 Å². The van der Waals surface area contributed by atoms with Crippen molar-refractivity contribution in [3.8, 4) is 0 Å². The van der Waals surface area contributed by atoms with Crippen molar-refractivity contribution in [2.45, 2.75) is 57.0 Å². The number of rotatable bonds is 5. The van der Waals surface area contributed by atoms with Crippen LogP contribution in [0, 0.1) is 11.4 Å². The van der Waals surface area contributed by atoms with Crippen LogP contribution in [0.3, 0.4) is 0 Å². The summed E-state index contributed by atoms with van der Waals surface area (Å²) in [5, 5.41) is 2.43. The molecule has 3 heterocycles. The number of anilines is 2. The van der Waals surface area contributed by atoms with Gasteiger partial charge in [0.2, 0.25) is 5.95 Å². The van der Waals surface area contributed by atoms with Gasteiger partial charge in [-0.2, -0.15) is 4.39 Å². The molecule has 0 radical (unpaired) electrons. The molecule has 2 fully saturated rings. The second kappa shape index (κ2) is 8.08. The number of nitrogens with one attached hydrogen (secondary N) is 2. The summed E-state index contributed by atoms with van der Waals surface area (Å²) in [6, 6.07) is 6.91. The lowest BCUT2D eigenvalue weighted by molar-refractivity contribution is 0.102. The van der Waals surface area contributed by atoms with E-state index in [1.54, 1.807) is 20.8 Å². The van der Waals surface area contributed by atoms with Crippen molar-refractivity contribution in [1.82, 2.24) is 14.7 Å². The number of hydrogen-bond acceptors (Lipinski definition) is 6. The average molecular weight is 462 g/mol. The van der Waals surface area contributed by atoms with E-state index in [1.165, 1.54) is 37.1 Å². The van der Waals surface area contributed by atoms with Gasteiger partial charge in [0, 0.05) is 18.6 Å². The molecule has 1 amide bonds. The summed E-state index contributed by atoms with van der Waals surface area (Å²) in [6.45, 7) is 6.63. The summed E-state index contributed by atoms with van der Waals surface area (Å²) < 4.78 is 41.6. The number of pyridine rings is 2. The van der Waals surface area contributed by atoms with Crippen molar-refractivity contribution in [2.24, 2.45) is 5.41 Å². The third-order valence-corrected chi connectivity index (χ3v) is 7.51. The maximum atomic E-state index is 13.9. The van der Waals surface area contributed by atoms with Gasteiger partial charge in [-0.05, 0) is 76.1 Å². The zero-order valence-corrected chi connectivity index (χ0v) is 19.3. The topological polar surface area (TPSA) is 104 Å². The zero-order valence-electron chi connectivity index (χ0n) is 18.5. The van der Waals surface area contributed by atoms with Crippen molar-refractivity contribution < 1.29 is 17.6 Å². The number of sulfonamides is 1. The normalized spacial score (nSPS) is 17.9. The van der Waals surface area contributed by atoms with E-state index in [0.29, 0.717) is 11.2 Å². The molecule has 2 aromatic rings. The number of amides is 1. The van der Waals surface area contributed by atoms with Gasteiger partial charge in [-0.3, -0.25) is 4.79 Å². The van der Waals surface area contributed by atoms with Crippen molar-refractivity contribution in [3.05, 3.63) is 41.8 Å². The Kier molecular flexibility index (Phi) is 5.70. The number of carbonyl (C=O) groups excluding carboxylic acids is 1. The van der Waals surface area contributed by atoms with Crippen LogP contribution in [0.5, 0.6) is 0 Å². The monoisotopic (exact) mass is 461 g/mol. The SMILES string of the molecule is CC(C)(C)NS(=O)(=O)c1cccc(NC(=O)c2ccc(F)nc2N2CCC3(CC2)CC3)n1. The van der Waals surface area contributed by atoms with E-state index in [4.69, 9.17) is 0 Å². The van der Waals surface area contributed by atoms with Gasteiger partial charge in [0.25, 0.3) is 15.9 Å². The van der Waals surface area contributed by atoms with Gasteiger partial charge < -0.3 is 10.2 Å². The molecule has 10 heteroatoms. The smallest absolute Gasteiger partial charge is 0.260 e. The van der Waals surface area contributed by atoms with Crippen LogP contribution in [0.1, 0.15) is 56.8 Å². The summed E-state index contributed by atoms with van der Waals surface area (Å²) in [7, 11) is -3.86. The van der Waals surface area contributed by atoms with Gasteiger partial charge in [-0.15, -0.1) is 0 Å². The van der Waals surface area contributed by atoms with E-state index in [1.807, 2.05) is 4.90 Å². The molecule has 1 aliphatic heterocycles. The van der Waals surface area contributed by atoms with Gasteiger partial charge in [0.15, 0.2) is 5.03 Å². The van der Waals surface area contributed by atoms with E-state index in [0.717, 1.165) is 32.0 Å². The Morgan fingerprint density at radius 1 is 1.06 bits per heavy atom. The van der Waals surface area contributed by atoms with E-state index in [-0.39, 0.29) is 16.4 Å². The minimum Gasteiger partial charge on any atom is -0.356 e. The van der Waals surface area contributed by atoms with Gasteiger partial charge in [-0.1, -0.05) is 6.07 Å². The Bertz CT molecular complexity index is 1130. The van der Waals surface area contributed by atoms with Gasteiger partial charge in [-0.25, -0.2) is 23.1 Å². The molecule has 1 saturated carbocycles. The number of nitrogens with zero attached hydrogens (tertiary/aromatic N) is 3.